The van der Waals surface area contributed by atoms with Crippen LogP contribution in [0.2, 0.25) is 0 Å². The highest BCUT2D eigenvalue weighted by atomic mass is 32.2. The van der Waals surface area contributed by atoms with E-state index in [2.05, 4.69) is 10.6 Å². The molecule has 1 aliphatic rings. The molecule has 9 nitrogen and oxygen atoms in total. The Balaban J connectivity index is 1.29. The Morgan fingerprint density at radius 3 is 2.67 bits per heavy atom. The quantitative estimate of drug-likeness (QED) is 0.274. The van der Waals surface area contributed by atoms with Gasteiger partial charge >= 0.3 is 6.03 Å². The molecule has 0 spiro atoms. The van der Waals surface area contributed by atoms with Crippen LogP contribution < -0.4 is 25.7 Å². The molecule has 36 heavy (non-hydrogen) atoms. The molecule has 2 N–H and O–H groups in total. The number of thioether (sulfide) groups is 1. The van der Waals surface area contributed by atoms with Crippen LogP contribution in [0.4, 0.5) is 10.5 Å². The first-order valence-corrected chi connectivity index (χ1v) is 12.9. The van der Waals surface area contributed by atoms with Gasteiger partial charge in [-0.15, -0.1) is 11.3 Å². The zero-order chi connectivity index (χ0) is 25.2. The number of thiophene rings is 1. The number of imide groups is 1. The fourth-order valence-electron chi connectivity index (χ4n) is 3.71. The van der Waals surface area contributed by atoms with Crippen LogP contribution in [0, 0.1) is 0 Å². The summed E-state index contributed by atoms with van der Waals surface area (Å²) in [7, 11) is 0. The highest BCUT2D eigenvalue weighted by Crippen LogP contribution is 2.34. The average Bonchev–Trinajstić information content (AvgIpc) is 3.50. The minimum Gasteiger partial charge on any atom is -0.454 e. The second kappa shape index (κ2) is 10.0. The monoisotopic (exact) mass is 522 g/mol. The van der Waals surface area contributed by atoms with Gasteiger partial charge in [-0.3, -0.25) is 19.5 Å². The van der Waals surface area contributed by atoms with Gasteiger partial charge in [-0.05, 0) is 37.6 Å². The first-order valence-electron chi connectivity index (χ1n) is 11.1. The van der Waals surface area contributed by atoms with Gasteiger partial charge in [0, 0.05) is 22.7 Å². The van der Waals surface area contributed by atoms with Crippen molar-refractivity contribution in [3.63, 3.8) is 0 Å². The molecule has 3 heterocycles. The summed E-state index contributed by atoms with van der Waals surface area (Å²) in [6.07, 6.45) is 0. The van der Waals surface area contributed by atoms with Gasteiger partial charge in [0.2, 0.25) is 12.7 Å². The number of nitrogens with zero attached hydrogens (tertiary/aromatic N) is 2. The van der Waals surface area contributed by atoms with Gasteiger partial charge in [-0.25, -0.2) is 9.78 Å². The summed E-state index contributed by atoms with van der Waals surface area (Å²) >= 11 is 2.54. The first-order chi connectivity index (χ1) is 17.4. The number of anilines is 1. The van der Waals surface area contributed by atoms with E-state index in [4.69, 9.17) is 14.5 Å². The number of carbonyl (C=O) groups excluding carboxylic acids is 2. The molecule has 11 heteroatoms. The van der Waals surface area contributed by atoms with Crippen LogP contribution >= 0.6 is 23.1 Å². The Bertz CT molecular complexity index is 1510. The van der Waals surface area contributed by atoms with Gasteiger partial charge in [0.1, 0.15) is 4.83 Å². The molecule has 184 valence electrons. The molecule has 0 unspecified atom stereocenters. The highest BCUT2D eigenvalue weighted by Gasteiger charge is 2.19. The molecule has 4 aromatic rings. The molecular formula is C25H22N4O5S2. The first kappa shape index (κ1) is 23.9. The molecule has 0 bridgehead atoms. The van der Waals surface area contributed by atoms with Crippen molar-refractivity contribution in [2.45, 2.75) is 25.0 Å². The third-order valence-corrected chi connectivity index (χ3v) is 7.39. The minimum atomic E-state index is -0.671. The number of fused-ring (bicyclic) bond motifs is 2. The number of nitrogens with one attached hydrogen (secondary N) is 2. The predicted molar refractivity (Wildman–Crippen MR) is 140 cm³/mol. The van der Waals surface area contributed by atoms with Crippen molar-refractivity contribution < 1.29 is 19.1 Å². The maximum absolute atomic E-state index is 13.3. The van der Waals surface area contributed by atoms with Crippen molar-refractivity contribution in [3.8, 4) is 21.9 Å². The number of ether oxygens (including phenoxy) is 2. The van der Waals surface area contributed by atoms with E-state index in [1.165, 1.54) is 11.3 Å². The lowest BCUT2D eigenvalue weighted by molar-refractivity contribution is -0.117. The Morgan fingerprint density at radius 1 is 1.11 bits per heavy atom. The summed E-state index contributed by atoms with van der Waals surface area (Å²) in [6, 6.07) is 15.8. The van der Waals surface area contributed by atoms with Crippen molar-refractivity contribution in [1.82, 2.24) is 14.9 Å². The average molecular weight is 523 g/mol. The number of hydrogen-bond acceptors (Lipinski definition) is 8. The lowest BCUT2D eigenvalue weighted by Gasteiger charge is -2.15. The lowest BCUT2D eigenvalue weighted by atomic mass is 10.2. The second-order valence-electron chi connectivity index (χ2n) is 8.22. The summed E-state index contributed by atoms with van der Waals surface area (Å²) < 4.78 is 12.1. The van der Waals surface area contributed by atoms with E-state index < -0.39 is 11.9 Å². The van der Waals surface area contributed by atoms with E-state index in [1.54, 1.807) is 22.8 Å². The third kappa shape index (κ3) is 4.93. The van der Waals surface area contributed by atoms with Crippen molar-refractivity contribution in [1.29, 1.82) is 0 Å². The molecule has 2 aromatic heterocycles. The molecule has 0 fully saturated rings. The fourth-order valence-corrected chi connectivity index (χ4v) is 5.71. The van der Waals surface area contributed by atoms with Crippen LogP contribution in [-0.2, 0) is 4.79 Å². The van der Waals surface area contributed by atoms with E-state index in [1.807, 2.05) is 50.2 Å². The molecule has 0 atom stereocenters. The molecule has 1 aliphatic heterocycles. The van der Waals surface area contributed by atoms with E-state index in [-0.39, 0.29) is 24.1 Å². The number of urea groups is 1. The molecule has 0 radical (unpaired) electrons. The summed E-state index contributed by atoms with van der Waals surface area (Å²) in [5, 5.41) is 5.87. The van der Waals surface area contributed by atoms with Crippen LogP contribution in [-0.4, -0.2) is 34.0 Å². The third-order valence-electron chi connectivity index (χ3n) is 5.36. The number of aromatic nitrogens is 2. The van der Waals surface area contributed by atoms with Crippen LogP contribution in [0.3, 0.4) is 0 Å². The summed E-state index contributed by atoms with van der Waals surface area (Å²) in [5.74, 6) is 0.512. The topological polar surface area (TPSA) is 112 Å². The van der Waals surface area contributed by atoms with Crippen molar-refractivity contribution in [2.75, 3.05) is 17.9 Å². The lowest BCUT2D eigenvalue weighted by Crippen LogP contribution is -2.35. The van der Waals surface area contributed by atoms with Crippen LogP contribution in [0.25, 0.3) is 20.7 Å². The van der Waals surface area contributed by atoms with Gasteiger partial charge < -0.3 is 14.8 Å². The number of carbonyl (C=O) groups is 2. The molecule has 5 rings (SSSR count). The number of hydrogen-bond donors (Lipinski definition) is 2. The Morgan fingerprint density at radius 2 is 1.89 bits per heavy atom. The summed E-state index contributed by atoms with van der Waals surface area (Å²) in [4.78, 5) is 44.3. The Kier molecular flexibility index (Phi) is 6.66. The van der Waals surface area contributed by atoms with E-state index in [9.17, 15) is 14.4 Å². The van der Waals surface area contributed by atoms with Crippen LogP contribution in [0.1, 0.15) is 19.9 Å². The zero-order valence-electron chi connectivity index (χ0n) is 19.4. The second-order valence-corrected chi connectivity index (χ2v) is 10.2. The highest BCUT2D eigenvalue weighted by molar-refractivity contribution is 7.99. The van der Waals surface area contributed by atoms with Gasteiger partial charge in [0.25, 0.3) is 5.56 Å². The fraction of sp³-hybridized carbons (Fsp3) is 0.200. The number of benzene rings is 2. The van der Waals surface area contributed by atoms with E-state index in [0.29, 0.717) is 32.6 Å². The van der Waals surface area contributed by atoms with Crippen molar-refractivity contribution in [2.24, 2.45) is 0 Å². The summed E-state index contributed by atoms with van der Waals surface area (Å²) in [5.41, 5.74) is 1.32. The van der Waals surface area contributed by atoms with Gasteiger partial charge in [0.15, 0.2) is 16.7 Å². The molecule has 2 aromatic carbocycles. The van der Waals surface area contributed by atoms with E-state index in [0.717, 1.165) is 22.2 Å². The number of rotatable bonds is 6. The largest absolute Gasteiger partial charge is 0.454 e. The normalized spacial score (nSPS) is 12.2. The molecule has 0 saturated carbocycles. The zero-order valence-corrected chi connectivity index (χ0v) is 21.1. The molecular weight excluding hydrogens is 500 g/mol. The van der Waals surface area contributed by atoms with Gasteiger partial charge in [-0.2, -0.15) is 0 Å². The Hall–Kier alpha value is -3.83. The summed E-state index contributed by atoms with van der Waals surface area (Å²) in [6.45, 7) is 3.91. The van der Waals surface area contributed by atoms with Crippen molar-refractivity contribution >= 4 is 50.9 Å². The SMILES string of the molecule is CC(C)n1c(SCC(=O)NC(=O)Nc2ccc3c(c2)OCO3)nc2sc(-c3ccccc3)cc2c1=O. The van der Waals surface area contributed by atoms with Crippen LogP contribution in [0.5, 0.6) is 11.5 Å². The maximum atomic E-state index is 13.3. The van der Waals surface area contributed by atoms with Gasteiger partial charge in [-0.1, -0.05) is 42.1 Å². The van der Waals surface area contributed by atoms with Crippen LogP contribution in [0.15, 0.2) is 64.5 Å². The molecule has 0 saturated heterocycles. The maximum Gasteiger partial charge on any atom is 0.325 e. The Labute approximate surface area is 214 Å². The molecule has 0 aliphatic carbocycles. The predicted octanol–water partition coefficient (Wildman–Crippen LogP) is 4.88. The number of amides is 3. The van der Waals surface area contributed by atoms with Gasteiger partial charge in [0.05, 0.1) is 11.1 Å². The van der Waals surface area contributed by atoms with Crippen molar-refractivity contribution in [3.05, 3.63) is 65.0 Å². The standard InChI is InChI=1S/C25H22N4O5S2/c1-14(2)29-23(31)17-11-20(15-6-4-3-5-7-15)36-22(17)28-25(29)35-12-21(30)27-24(32)26-16-8-9-18-19(10-16)34-13-33-18/h3-11,14H,12-13H2,1-2H3,(H2,26,27,30,32). The van der Waals surface area contributed by atoms with E-state index >= 15 is 0 Å². The minimum absolute atomic E-state index is 0.0872. The smallest absolute Gasteiger partial charge is 0.325 e. The molecule has 3 amide bonds.